The number of amides is 2. The van der Waals surface area contributed by atoms with E-state index in [2.05, 4.69) is 10.6 Å². The number of para-hydroxylation sites is 1. The molecule has 2 aromatic rings. The van der Waals surface area contributed by atoms with E-state index in [1.807, 2.05) is 24.3 Å². The molecule has 0 aliphatic rings. The second kappa shape index (κ2) is 8.03. The van der Waals surface area contributed by atoms with Crippen molar-refractivity contribution in [1.29, 1.82) is 0 Å². The molecular formula is C19H21ClN2O3. The average molecular weight is 361 g/mol. The fourth-order valence-corrected chi connectivity index (χ4v) is 2.27. The molecule has 0 fully saturated rings. The maximum absolute atomic E-state index is 12.5. The normalized spacial score (nSPS) is 10.9. The number of nitrogens with one attached hydrogen (secondary N) is 2. The molecule has 2 amide bonds. The van der Waals surface area contributed by atoms with Crippen LogP contribution in [0.5, 0.6) is 5.75 Å². The van der Waals surface area contributed by atoms with Crippen LogP contribution in [0.2, 0.25) is 5.02 Å². The Kier molecular flexibility index (Phi) is 6.04. The van der Waals surface area contributed by atoms with E-state index in [-0.39, 0.29) is 5.91 Å². The zero-order chi connectivity index (χ0) is 18.4. The summed E-state index contributed by atoms with van der Waals surface area (Å²) < 4.78 is 5.10. The molecule has 2 rings (SSSR count). The largest absolute Gasteiger partial charge is 0.497 e. The fourth-order valence-electron chi connectivity index (χ4n) is 2.09. The van der Waals surface area contributed by atoms with Crippen molar-refractivity contribution in [2.45, 2.75) is 20.4 Å². The highest BCUT2D eigenvalue weighted by atomic mass is 35.5. The number of benzene rings is 2. The van der Waals surface area contributed by atoms with Crippen LogP contribution in [-0.4, -0.2) is 18.9 Å². The molecule has 25 heavy (non-hydrogen) atoms. The van der Waals surface area contributed by atoms with Gasteiger partial charge in [-0.2, -0.15) is 0 Å². The zero-order valence-corrected chi connectivity index (χ0v) is 15.2. The van der Waals surface area contributed by atoms with Crippen LogP contribution < -0.4 is 15.4 Å². The summed E-state index contributed by atoms with van der Waals surface area (Å²) in [5.74, 6) is -0.0461. The summed E-state index contributed by atoms with van der Waals surface area (Å²) in [5.41, 5.74) is 0.146. The Bertz CT molecular complexity index is 758. The summed E-state index contributed by atoms with van der Waals surface area (Å²) in [6.45, 7) is 3.47. The maximum atomic E-state index is 12.5. The number of carbonyl (C=O) groups excluding carboxylic acids is 2. The summed E-state index contributed by atoms with van der Waals surface area (Å²) in [6, 6.07) is 14.2. The van der Waals surface area contributed by atoms with Crippen LogP contribution in [-0.2, 0) is 16.1 Å². The maximum Gasteiger partial charge on any atom is 0.239 e. The molecule has 6 heteroatoms. The van der Waals surface area contributed by atoms with Gasteiger partial charge in [-0.05, 0) is 43.7 Å². The molecule has 0 aliphatic heterocycles. The predicted molar refractivity (Wildman–Crippen MR) is 98.7 cm³/mol. The van der Waals surface area contributed by atoms with Gasteiger partial charge >= 0.3 is 0 Å². The van der Waals surface area contributed by atoms with Gasteiger partial charge in [0.15, 0.2) is 0 Å². The summed E-state index contributed by atoms with van der Waals surface area (Å²) in [4.78, 5) is 24.9. The van der Waals surface area contributed by atoms with Crippen LogP contribution in [0.15, 0.2) is 48.5 Å². The van der Waals surface area contributed by atoms with Crippen LogP contribution in [0.25, 0.3) is 0 Å². The van der Waals surface area contributed by atoms with Gasteiger partial charge in [-0.3, -0.25) is 9.59 Å². The molecule has 2 aromatic carbocycles. The monoisotopic (exact) mass is 360 g/mol. The second-order valence-electron chi connectivity index (χ2n) is 6.09. The second-order valence-corrected chi connectivity index (χ2v) is 6.50. The van der Waals surface area contributed by atoms with E-state index in [1.54, 1.807) is 45.2 Å². The van der Waals surface area contributed by atoms with Crippen molar-refractivity contribution < 1.29 is 14.3 Å². The SMILES string of the molecule is COc1ccc(CNC(=O)C(C)(C)C(=O)Nc2ccccc2Cl)cc1. The number of rotatable bonds is 6. The topological polar surface area (TPSA) is 67.4 Å². The van der Waals surface area contributed by atoms with Gasteiger partial charge in [-0.15, -0.1) is 0 Å². The summed E-state index contributed by atoms with van der Waals surface area (Å²) in [5, 5.41) is 5.90. The first-order valence-electron chi connectivity index (χ1n) is 7.82. The first-order valence-corrected chi connectivity index (χ1v) is 8.19. The Morgan fingerprint density at radius 2 is 1.68 bits per heavy atom. The van der Waals surface area contributed by atoms with E-state index in [4.69, 9.17) is 16.3 Å². The van der Waals surface area contributed by atoms with E-state index >= 15 is 0 Å². The van der Waals surface area contributed by atoms with E-state index in [0.29, 0.717) is 17.3 Å². The third kappa shape index (κ3) is 4.73. The van der Waals surface area contributed by atoms with Crippen molar-refractivity contribution in [3.63, 3.8) is 0 Å². The molecule has 0 atom stereocenters. The number of hydrogen-bond acceptors (Lipinski definition) is 3. The average Bonchev–Trinajstić information content (AvgIpc) is 2.61. The van der Waals surface area contributed by atoms with Crippen LogP contribution >= 0.6 is 11.6 Å². The molecule has 0 radical (unpaired) electrons. The molecule has 5 nitrogen and oxygen atoms in total. The van der Waals surface area contributed by atoms with E-state index in [9.17, 15) is 9.59 Å². The smallest absolute Gasteiger partial charge is 0.239 e. The molecule has 132 valence electrons. The fraction of sp³-hybridized carbons (Fsp3) is 0.263. The van der Waals surface area contributed by atoms with Gasteiger partial charge in [-0.1, -0.05) is 35.9 Å². The third-order valence-electron chi connectivity index (χ3n) is 3.87. The summed E-state index contributed by atoms with van der Waals surface area (Å²) in [6.07, 6.45) is 0. The van der Waals surface area contributed by atoms with Crippen LogP contribution in [0.1, 0.15) is 19.4 Å². The highest BCUT2D eigenvalue weighted by Crippen LogP contribution is 2.24. The van der Waals surface area contributed by atoms with E-state index < -0.39 is 11.3 Å². The Morgan fingerprint density at radius 1 is 1.04 bits per heavy atom. The van der Waals surface area contributed by atoms with Gasteiger partial charge in [0.25, 0.3) is 0 Å². The van der Waals surface area contributed by atoms with Gasteiger partial charge in [0.2, 0.25) is 11.8 Å². The lowest BCUT2D eigenvalue weighted by Crippen LogP contribution is -2.44. The van der Waals surface area contributed by atoms with E-state index in [0.717, 1.165) is 11.3 Å². The minimum atomic E-state index is -1.24. The number of halogens is 1. The van der Waals surface area contributed by atoms with Crippen molar-refractivity contribution in [2.24, 2.45) is 5.41 Å². The third-order valence-corrected chi connectivity index (χ3v) is 4.20. The highest BCUT2D eigenvalue weighted by molar-refractivity contribution is 6.33. The van der Waals surface area contributed by atoms with Crippen LogP contribution in [0, 0.1) is 5.41 Å². The Morgan fingerprint density at radius 3 is 2.28 bits per heavy atom. The molecule has 0 spiro atoms. The number of methoxy groups -OCH3 is 1. The highest BCUT2D eigenvalue weighted by Gasteiger charge is 2.36. The predicted octanol–water partition coefficient (Wildman–Crippen LogP) is 3.63. The first-order chi connectivity index (χ1) is 11.8. The van der Waals surface area contributed by atoms with Crippen molar-refractivity contribution in [3.05, 3.63) is 59.1 Å². The molecule has 0 aromatic heterocycles. The van der Waals surface area contributed by atoms with E-state index in [1.165, 1.54) is 0 Å². The van der Waals surface area contributed by atoms with Gasteiger partial charge in [0, 0.05) is 6.54 Å². The standard InChI is InChI=1S/C19H21ClN2O3/c1-19(2,18(24)22-16-7-5-4-6-15(16)20)17(23)21-12-13-8-10-14(25-3)11-9-13/h4-11H,12H2,1-3H3,(H,21,23)(H,22,24). The molecule has 0 heterocycles. The molecule has 0 saturated carbocycles. The lowest BCUT2D eigenvalue weighted by molar-refractivity contribution is -0.138. The minimum Gasteiger partial charge on any atom is -0.497 e. The Balaban J connectivity index is 1.98. The molecule has 0 saturated heterocycles. The molecular weight excluding hydrogens is 340 g/mol. The van der Waals surface area contributed by atoms with Crippen molar-refractivity contribution in [1.82, 2.24) is 5.32 Å². The van der Waals surface area contributed by atoms with Crippen LogP contribution in [0.4, 0.5) is 5.69 Å². The number of ether oxygens (including phenoxy) is 1. The lowest BCUT2D eigenvalue weighted by atomic mass is 9.90. The minimum absolute atomic E-state index is 0.325. The Labute approximate surface area is 152 Å². The van der Waals surface area contributed by atoms with Crippen molar-refractivity contribution >= 4 is 29.1 Å². The quantitative estimate of drug-likeness (QED) is 0.773. The van der Waals surface area contributed by atoms with Gasteiger partial charge in [0.1, 0.15) is 11.2 Å². The first kappa shape index (κ1) is 18.8. The molecule has 0 aliphatic carbocycles. The van der Waals surface area contributed by atoms with Crippen molar-refractivity contribution in [3.8, 4) is 5.75 Å². The Hall–Kier alpha value is -2.53. The molecule has 2 N–H and O–H groups in total. The number of anilines is 1. The van der Waals surface area contributed by atoms with Crippen molar-refractivity contribution in [2.75, 3.05) is 12.4 Å². The summed E-state index contributed by atoms with van der Waals surface area (Å²) >= 11 is 6.04. The van der Waals surface area contributed by atoms with Gasteiger partial charge in [-0.25, -0.2) is 0 Å². The number of hydrogen-bond donors (Lipinski definition) is 2. The number of carbonyl (C=O) groups is 2. The van der Waals surface area contributed by atoms with Gasteiger partial charge < -0.3 is 15.4 Å². The molecule has 0 unspecified atom stereocenters. The van der Waals surface area contributed by atoms with Gasteiger partial charge in [0.05, 0.1) is 17.8 Å². The summed E-state index contributed by atoms with van der Waals surface area (Å²) in [7, 11) is 1.59. The zero-order valence-electron chi connectivity index (χ0n) is 14.4. The van der Waals surface area contributed by atoms with Crippen LogP contribution in [0.3, 0.4) is 0 Å². The molecule has 0 bridgehead atoms. The lowest BCUT2D eigenvalue weighted by Gasteiger charge is -2.23.